The maximum Gasteiger partial charge on any atom is 0.226 e. The summed E-state index contributed by atoms with van der Waals surface area (Å²) in [6.45, 7) is 12.0. The summed E-state index contributed by atoms with van der Waals surface area (Å²) in [5.41, 5.74) is 8.34. The van der Waals surface area contributed by atoms with Crippen LogP contribution < -0.4 is 4.81 Å². The third-order valence-corrected chi connectivity index (χ3v) is 4.70. The molecule has 4 radical (unpaired) electrons. The minimum Gasteiger partial charge on any atom is -0.427 e. The predicted molar refractivity (Wildman–Crippen MR) is 152 cm³/mol. The van der Waals surface area contributed by atoms with Crippen LogP contribution in [0.2, 0.25) is 0 Å². The molecular formula is C27H36B2N6. The number of anilines is 1. The van der Waals surface area contributed by atoms with Gasteiger partial charge in [0.2, 0.25) is 7.98 Å². The van der Waals surface area contributed by atoms with E-state index in [1.807, 2.05) is 103 Å². The van der Waals surface area contributed by atoms with Crippen molar-refractivity contribution in [2.24, 2.45) is 20.5 Å². The summed E-state index contributed by atoms with van der Waals surface area (Å²) in [4.78, 5) is 3.11. The molecular weight excluding hydrogens is 430 g/mol. The Balaban J connectivity index is 0.000000926. The van der Waals surface area contributed by atoms with Gasteiger partial charge in [-0.05, 0) is 107 Å². The van der Waals surface area contributed by atoms with Gasteiger partial charge in [-0.1, -0.05) is 32.0 Å². The molecule has 3 aromatic rings. The second-order valence-corrected chi connectivity index (χ2v) is 8.16. The van der Waals surface area contributed by atoms with E-state index in [9.17, 15) is 0 Å². The van der Waals surface area contributed by atoms with Crippen molar-refractivity contribution in [3.8, 4) is 0 Å². The molecule has 0 saturated heterocycles. The number of aryl methyl sites for hydroxylation is 4. The Morgan fingerprint density at radius 2 is 0.943 bits per heavy atom. The monoisotopic (exact) mass is 466 g/mol. The lowest BCUT2D eigenvalue weighted by molar-refractivity contribution is 0.679. The van der Waals surface area contributed by atoms with Crippen LogP contribution in [-0.2, 0) is 0 Å². The molecule has 0 amide bonds. The van der Waals surface area contributed by atoms with Gasteiger partial charge in [-0.3, -0.25) is 0 Å². The van der Waals surface area contributed by atoms with Gasteiger partial charge in [0, 0.05) is 5.69 Å². The van der Waals surface area contributed by atoms with Crippen molar-refractivity contribution in [2.75, 3.05) is 26.0 Å². The van der Waals surface area contributed by atoms with Crippen molar-refractivity contribution in [1.82, 2.24) is 4.81 Å². The molecule has 0 aromatic heterocycles. The van der Waals surface area contributed by atoms with Gasteiger partial charge >= 0.3 is 0 Å². The smallest absolute Gasteiger partial charge is 0.226 e. The van der Waals surface area contributed by atoms with E-state index < -0.39 is 0 Å². The Morgan fingerprint density at radius 3 is 1.37 bits per heavy atom. The molecule has 6 nitrogen and oxygen atoms in total. The third-order valence-electron chi connectivity index (χ3n) is 4.70. The maximum absolute atomic E-state index is 5.87. The summed E-state index contributed by atoms with van der Waals surface area (Å²) in [6.07, 6.45) is 0. The highest BCUT2D eigenvalue weighted by atomic mass is 15.1. The fourth-order valence-electron chi connectivity index (χ4n) is 2.99. The van der Waals surface area contributed by atoms with E-state index >= 15 is 0 Å². The van der Waals surface area contributed by atoms with Crippen molar-refractivity contribution in [1.29, 1.82) is 0 Å². The second-order valence-electron chi connectivity index (χ2n) is 8.16. The SMILES string of the molecule is CC.[B]N(C)C.[B]N(C)c1cc(C)c(N=Nc2cc(C)c(N=Nc3ccccc3)cc2C)cc1C. The molecule has 0 spiro atoms. The minimum atomic E-state index is 0.818. The summed E-state index contributed by atoms with van der Waals surface area (Å²) in [6, 6.07) is 17.7. The predicted octanol–water partition coefficient (Wildman–Crippen LogP) is 7.93. The largest absolute Gasteiger partial charge is 0.427 e. The molecule has 0 bridgehead atoms. The molecule has 0 unspecified atom stereocenters. The highest BCUT2D eigenvalue weighted by molar-refractivity contribution is 6.17. The van der Waals surface area contributed by atoms with E-state index in [0.717, 1.165) is 50.7 Å². The lowest BCUT2D eigenvalue weighted by Gasteiger charge is -2.17. The number of hydrogen-bond acceptors (Lipinski definition) is 6. The molecule has 0 aliphatic rings. The minimum absolute atomic E-state index is 0.818. The fraction of sp³-hybridized carbons (Fsp3) is 0.333. The molecule has 8 heteroatoms. The van der Waals surface area contributed by atoms with Gasteiger partial charge in [0.05, 0.1) is 22.7 Å². The molecule has 0 fully saturated rings. The van der Waals surface area contributed by atoms with Crippen molar-refractivity contribution in [2.45, 2.75) is 41.5 Å². The third kappa shape index (κ3) is 9.87. The summed E-state index contributed by atoms with van der Waals surface area (Å²) >= 11 is 0. The van der Waals surface area contributed by atoms with Crippen LogP contribution in [0.3, 0.4) is 0 Å². The van der Waals surface area contributed by atoms with Gasteiger partial charge in [0.15, 0.2) is 7.98 Å². The topological polar surface area (TPSA) is 55.9 Å². The Morgan fingerprint density at radius 1 is 0.571 bits per heavy atom. The number of azo groups is 2. The van der Waals surface area contributed by atoms with Gasteiger partial charge in [0.25, 0.3) is 0 Å². The summed E-state index contributed by atoms with van der Waals surface area (Å²) in [7, 11) is 16.2. The second kappa shape index (κ2) is 14.9. The molecule has 3 rings (SSSR count). The van der Waals surface area contributed by atoms with E-state index in [4.69, 9.17) is 16.0 Å². The van der Waals surface area contributed by atoms with Crippen LogP contribution in [-0.4, -0.2) is 41.9 Å². The van der Waals surface area contributed by atoms with Gasteiger partial charge < -0.3 is 9.62 Å². The number of nitrogens with zero attached hydrogens (tertiary/aromatic N) is 6. The maximum atomic E-state index is 5.87. The van der Waals surface area contributed by atoms with Crippen molar-refractivity contribution in [3.05, 3.63) is 76.9 Å². The van der Waals surface area contributed by atoms with Crippen LogP contribution in [0.25, 0.3) is 0 Å². The number of hydrogen-bond donors (Lipinski definition) is 0. The van der Waals surface area contributed by atoms with Crippen LogP contribution in [0.1, 0.15) is 36.1 Å². The summed E-state index contributed by atoms with van der Waals surface area (Å²) < 4.78 is 0. The first-order chi connectivity index (χ1) is 16.6. The Kier molecular flexibility index (Phi) is 12.7. The van der Waals surface area contributed by atoms with Crippen molar-refractivity contribution < 1.29 is 0 Å². The molecule has 0 atom stereocenters. The van der Waals surface area contributed by atoms with Crippen LogP contribution in [0.15, 0.2) is 75.1 Å². The normalized spacial score (nSPS) is 10.7. The van der Waals surface area contributed by atoms with E-state index in [1.54, 1.807) is 18.9 Å². The van der Waals surface area contributed by atoms with Crippen LogP contribution in [0.4, 0.5) is 28.4 Å². The lowest BCUT2D eigenvalue weighted by Crippen LogP contribution is -2.12. The van der Waals surface area contributed by atoms with Gasteiger partial charge in [-0.2, -0.15) is 20.5 Å². The Bertz CT molecular complexity index is 1120. The summed E-state index contributed by atoms with van der Waals surface area (Å²) in [5.74, 6) is 0. The summed E-state index contributed by atoms with van der Waals surface area (Å²) in [5, 5.41) is 17.6. The molecule has 0 aliphatic carbocycles. The first kappa shape index (κ1) is 29.8. The van der Waals surface area contributed by atoms with Gasteiger partial charge in [-0.25, -0.2) is 0 Å². The first-order valence-electron chi connectivity index (χ1n) is 11.6. The average Bonchev–Trinajstić information content (AvgIpc) is 2.81. The zero-order valence-corrected chi connectivity index (χ0v) is 22.5. The molecule has 180 valence electrons. The number of benzene rings is 3. The van der Waals surface area contributed by atoms with E-state index in [1.165, 1.54) is 4.81 Å². The van der Waals surface area contributed by atoms with Crippen molar-refractivity contribution >= 4 is 44.4 Å². The number of rotatable bonds is 5. The zero-order valence-electron chi connectivity index (χ0n) is 22.5. The van der Waals surface area contributed by atoms with E-state index in [0.29, 0.717) is 0 Å². The molecule has 0 heterocycles. The highest BCUT2D eigenvalue weighted by Crippen LogP contribution is 2.33. The zero-order chi connectivity index (χ0) is 26.5. The highest BCUT2D eigenvalue weighted by Gasteiger charge is 2.07. The van der Waals surface area contributed by atoms with Crippen LogP contribution in [0.5, 0.6) is 0 Å². The van der Waals surface area contributed by atoms with E-state index in [-0.39, 0.29) is 0 Å². The van der Waals surface area contributed by atoms with Crippen LogP contribution in [0, 0.1) is 27.7 Å². The molecule has 0 N–H and O–H groups in total. The molecule has 35 heavy (non-hydrogen) atoms. The van der Waals surface area contributed by atoms with Crippen molar-refractivity contribution in [3.63, 3.8) is 0 Å². The van der Waals surface area contributed by atoms with Gasteiger partial charge in [-0.15, -0.1) is 0 Å². The Hall–Kier alpha value is -3.25. The molecule has 0 aliphatic heterocycles. The first-order valence-corrected chi connectivity index (χ1v) is 11.6. The molecule has 3 aromatic carbocycles. The molecule has 0 saturated carbocycles. The fourth-order valence-corrected chi connectivity index (χ4v) is 2.99. The lowest BCUT2D eigenvalue weighted by atomic mass is 10.1. The average molecular weight is 466 g/mol. The van der Waals surface area contributed by atoms with Gasteiger partial charge in [0.1, 0.15) is 0 Å². The Labute approximate surface area is 214 Å². The standard InChI is InChI=1S/C23H24BN5.C2H6BN.C2H6/c1-15-12-21(16(2)11-20(15)26-25-19-9-7-6-8-10-19)27-28-22-13-18(4)23(29(5)24)14-17(22)3;1-4(2)3;1-2/h6-14H,1-5H3;1-2H3;1-2H3. The van der Waals surface area contributed by atoms with Crippen LogP contribution >= 0.6 is 0 Å². The van der Waals surface area contributed by atoms with E-state index in [2.05, 4.69) is 20.5 Å². The quantitative estimate of drug-likeness (QED) is 0.283.